The molecule has 1 aromatic carbocycles. The summed E-state index contributed by atoms with van der Waals surface area (Å²) < 4.78 is 11.1. The highest BCUT2D eigenvalue weighted by Crippen LogP contribution is 2.31. The maximum atomic E-state index is 5.90. The molecule has 0 amide bonds. The lowest BCUT2D eigenvalue weighted by molar-refractivity contribution is 0.104. The largest absolute Gasteiger partial charge is 0.371 e. The molecule has 2 atom stereocenters. The molecule has 92 valence electrons. The van der Waals surface area contributed by atoms with Crippen molar-refractivity contribution in [3.63, 3.8) is 0 Å². The monoisotopic (exact) mass is 240 g/mol. The van der Waals surface area contributed by atoms with Gasteiger partial charge in [0.15, 0.2) is 0 Å². The van der Waals surface area contributed by atoms with Crippen LogP contribution in [0.1, 0.15) is 11.1 Å². The SMILES string of the molecule is C=CC=C1c2ccccc2C=CC1OCC1CO1. The molecule has 2 nitrogen and oxygen atoms in total. The Morgan fingerprint density at radius 3 is 3.00 bits per heavy atom. The zero-order valence-corrected chi connectivity index (χ0v) is 10.2. The maximum Gasteiger partial charge on any atom is 0.104 e. The van der Waals surface area contributed by atoms with Crippen LogP contribution in [-0.4, -0.2) is 25.4 Å². The molecule has 0 radical (unpaired) electrons. The van der Waals surface area contributed by atoms with Gasteiger partial charge in [0, 0.05) is 0 Å². The highest BCUT2D eigenvalue weighted by atomic mass is 16.6. The van der Waals surface area contributed by atoms with Crippen molar-refractivity contribution >= 4 is 11.6 Å². The Labute approximate surface area is 107 Å². The van der Waals surface area contributed by atoms with Crippen molar-refractivity contribution in [1.29, 1.82) is 0 Å². The zero-order valence-electron chi connectivity index (χ0n) is 10.2. The van der Waals surface area contributed by atoms with E-state index in [1.165, 1.54) is 16.7 Å². The van der Waals surface area contributed by atoms with Crippen LogP contribution in [-0.2, 0) is 9.47 Å². The van der Waals surface area contributed by atoms with Crippen molar-refractivity contribution in [2.45, 2.75) is 12.2 Å². The van der Waals surface area contributed by atoms with Gasteiger partial charge in [-0.15, -0.1) is 0 Å². The van der Waals surface area contributed by atoms with E-state index in [2.05, 4.69) is 36.9 Å². The first kappa shape index (κ1) is 11.5. The van der Waals surface area contributed by atoms with Crippen molar-refractivity contribution in [1.82, 2.24) is 0 Å². The molecular formula is C16H16O2. The molecule has 0 spiro atoms. The van der Waals surface area contributed by atoms with E-state index in [4.69, 9.17) is 9.47 Å². The van der Waals surface area contributed by atoms with Crippen LogP contribution in [0.15, 0.2) is 49.1 Å². The van der Waals surface area contributed by atoms with E-state index in [0.29, 0.717) is 12.7 Å². The smallest absolute Gasteiger partial charge is 0.104 e. The summed E-state index contributed by atoms with van der Waals surface area (Å²) in [5.74, 6) is 0. The van der Waals surface area contributed by atoms with Crippen LogP contribution in [0.25, 0.3) is 11.6 Å². The Balaban J connectivity index is 1.87. The number of ether oxygens (including phenoxy) is 2. The van der Waals surface area contributed by atoms with Crippen molar-refractivity contribution in [2.75, 3.05) is 13.2 Å². The summed E-state index contributed by atoms with van der Waals surface area (Å²) in [6.45, 7) is 5.27. The lowest BCUT2D eigenvalue weighted by Gasteiger charge is -2.23. The minimum atomic E-state index is 0.00194. The predicted octanol–water partition coefficient (Wildman–Crippen LogP) is 3.07. The molecular weight excluding hydrogens is 224 g/mol. The minimum Gasteiger partial charge on any atom is -0.371 e. The molecule has 2 aliphatic rings. The van der Waals surface area contributed by atoms with Gasteiger partial charge in [0.05, 0.1) is 13.2 Å². The molecule has 1 aliphatic carbocycles. The van der Waals surface area contributed by atoms with Crippen LogP contribution in [0.5, 0.6) is 0 Å². The third-order valence-corrected chi connectivity index (χ3v) is 3.19. The fraction of sp³-hybridized carbons (Fsp3) is 0.250. The summed E-state index contributed by atoms with van der Waals surface area (Å²) in [4.78, 5) is 0. The summed E-state index contributed by atoms with van der Waals surface area (Å²) in [6.07, 6.45) is 8.35. The van der Waals surface area contributed by atoms with Gasteiger partial charge >= 0.3 is 0 Å². The summed E-state index contributed by atoms with van der Waals surface area (Å²) in [6, 6.07) is 8.34. The van der Waals surface area contributed by atoms with Crippen molar-refractivity contribution < 1.29 is 9.47 Å². The highest BCUT2D eigenvalue weighted by Gasteiger charge is 2.26. The van der Waals surface area contributed by atoms with Crippen molar-refractivity contribution in [3.05, 3.63) is 60.2 Å². The first-order valence-electron chi connectivity index (χ1n) is 6.22. The normalized spacial score (nSPS) is 27.0. The molecule has 0 aromatic heterocycles. The van der Waals surface area contributed by atoms with Gasteiger partial charge in [-0.05, 0) is 16.7 Å². The second-order valence-electron chi connectivity index (χ2n) is 4.51. The van der Waals surface area contributed by atoms with Crippen molar-refractivity contribution in [2.24, 2.45) is 0 Å². The first-order valence-corrected chi connectivity index (χ1v) is 6.22. The Kier molecular flexibility index (Phi) is 3.13. The molecule has 1 aromatic rings. The molecule has 1 aliphatic heterocycles. The van der Waals surface area contributed by atoms with Crippen LogP contribution in [0.3, 0.4) is 0 Å². The number of benzene rings is 1. The van der Waals surface area contributed by atoms with Gasteiger partial charge < -0.3 is 9.47 Å². The average molecular weight is 240 g/mol. The molecule has 0 N–H and O–H groups in total. The summed E-state index contributed by atoms with van der Waals surface area (Å²) >= 11 is 0. The minimum absolute atomic E-state index is 0.00194. The second kappa shape index (κ2) is 4.92. The number of hydrogen-bond acceptors (Lipinski definition) is 2. The van der Waals surface area contributed by atoms with Gasteiger partial charge in [-0.3, -0.25) is 0 Å². The maximum absolute atomic E-state index is 5.90. The molecule has 18 heavy (non-hydrogen) atoms. The van der Waals surface area contributed by atoms with Crippen LogP contribution >= 0.6 is 0 Å². The number of fused-ring (bicyclic) bond motifs is 1. The average Bonchev–Trinajstić information content (AvgIpc) is 3.22. The van der Waals surface area contributed by atoms with E-state index in [-0.39, 0.29) is 6.10 Å². The van der Waals surface area contributed by atoms with E-state index < -0.39 is 0 Å². The molecule has 2 heteroatoms. The van der Waals surface area contributed by atoms with E-state index in [1.807, 2.05) is 18.2 Å². The standard InChI is InChI=1S/C16H16O2/c1-2-5-15-14-7-4-3-6-12(14)8-9-16(15)18-11-13-10-17-13/h2-9,13,16H,1,10-11H2. The fourth-order valence-electron chi connectivity index (χ4n) is 2.19. The van der Waals surface area contributed by atoms with E-state index in [1.54, 1.807) is 0 Å². The van der Waals surface area contributed by atoms with Gasteiger partial charge in [-0.2, -0.15) is 0 Å². The summed E-state index contributed by atoms with van der Waals surface area (Å²) in [5, 5.41) is 0. The van der Waals surface area contributed by atoms with Gasteiger partial charge in [-0.25, -0.2) is 0 Å². The quantitative estimate of drug-likeness (QED) is 0.754. The second-order valence-corrected chi connectivity index (χ2v) is 4.51. The molecule has 0 bridgehead atoms. The van der Waals surface area contributed by atoms with Gasteiger partial charge in [0.2, 0.25) is 0 Å². The summed E-state index contributed by atoms with van der Waals surface area (Å²) in [5.41, 5.74) is 3.62. The first-order chi connectivity index (χ1) is 8.88. The van der Waals surface area contributed by atoms with Gasteiger partial charge in [-0.1, -0.05) is 55.1 Å². The zero-order chi connectivity index (χ0) is 12.4. The number of rotatable bonds is 4. The molecule has 0 saturated carbocycles. The lowest BCUT2D eigenvalue weighted by atomic mass is 9.90. The third-order valence-electron chi connectivity index (χ3n) is 3.19. The van der Waals surface area contributed by atoms with Gasteiger partial charge in [0.25, 0.3) is 0 Å². The number of hydrogen-bond donors (Lipinski definition) is 0. The fourth-order valence-corrected chi connectivity index (χ4v) is 2.19. The Bertz CT molecular complexity index is 510. The van der Waals surface area contributed by atoms with E-state index in [0.717, 1.165) is 6.61 Å². The molecule has 1 heterocycles. The Morgan fingerprint density at radius 2 is 2.22 bits per heavy atom. The topological polar surface area (TPSA) is 21.8 Å². The van der Waals surface area contributed by atoms with Crippen LogP contribution < -0.4 is 0 Å². The Hall–Kier alpha value is -1.64. The van der Waals surface area contributed by atoms with Crippen LogP contribution in [0.2, 0.25) is 0 Å². The molecule has 3 rings (SSSR count). The lowest BCUT2D eigenvalue weighted by Crippen LogP contribution is -2.18. The third kappa shape index (κ3) is 2.30. The Morgan fingerprint density at radius 1 is 1.39 bits per heavy atom. The predicted molar refractivity (Wildman–Crippen MR) is 73.1 cm³/mol. The van der Waals surface area contributed by atoms with Crippen molar-refractivity contribution in [3.8, 4) is 0 Å². The van der Waals surface area contributed by atoms with E-state index in [9.17, 15) is 0 Å². The van der Waals surface area contributed by atoms with Crippen LogP contribution in [0, 0.1) is 0 Å². The molecule has 1 saturated heterocycles. The highest BCUT2D eigenvalue weighted by molar-refractivity contribution is 5.82. The van der Waals surface area contributed by atoms with Crippen LogP contribution in [0.4, 0.5) is 0 Å². The molecule has 2 unspecified atom stereocenters. The number of allylic oxidation sites excluding steroid dienone is 2. The number of epoxide rings is 1. The summed E-state index contributed by atoms with van der Waals surface area (Å²) in [7, 11) is 0. The molecule has 1 fully saturated rings. The van der Waals surface area contributed by atoms with Gasteiger partial charge in [0.1, 0.15) is 12.2 Å². The van der Waals surface area contributed by atoms with E-state index >= 15 is 0 Å².